The highest BCUT2D eigenvalue weighted by Gasteiger charge is 2.21. The zero-order valence-corrected chi connectivity index (χ0v) is 10.5. The molecule has 0 saturated carbocycles. The van der Waals surface area contributed by atoms with E-state index in [0.717, 1.165) is 6.07 Å². The highest BCUT2D eigenvalue weighted by molar-refractivity contribution is 5.98. The van der Waals surface area contributed by atoms with E-state index < -0.39 is 16.7 Å². The summed E-state index contributed by atoms with van der Waals surface area (Å²) in [5.74, 6) is -1.66. The van der Waals surface area contributed by atoms with E-state index in [1.54, 1.807) is 0 Å². The van der Waals surface area contributed by atoms with E-state index in [1.807, 2.05) is 0 Å². The van der Waals surface area contributed by atoms with Gasteiger partial charge in [-0.25, -0.2) is 9.18 Å². The quantitative estimate of drug-likeness (QED) is 0.687. The number of carboxylic acids is 1. The van der Waals surface area contributed by atoms with Crippen LogP contribution in [0.4, 0.5) is 10.1 Å². The van der Waals surface area contributed by atoms with Gasteiger partial charge in [0.25, 0.3) is 5.69 Å². The maximum Gasteiger partial charge on any atom is 0.336 e. The fraction of sp³-hybridized carbons (Fsp3) is 0.0714. The third-order valence-corrected chi connectivity index (χ3v) is 3.00. The third kappa shape index (κ3) is 2.35. The second-order valence-corrected chi connectivity index (χ2v) is 4.20. The lowest BCUT2D eigenvalue weighted by Crippen LogP contribution is -2.04. The first-order chi connectivity index (χ1) is 9.41. The first-order valence-electron chi connectivity index (χ1n) is 5.69. The minimum Gasteiger partial charge on any atom is -0.478 e. The number of carboxylic acid groups (broad SMARTS) is 1. The van der Waals surface area contributed by atoms with Crippen LogP contribution in [0.1, 0.15) is 15.9 Å². The molecule has 0 spiro atoms. The summed E-state index contributed by atoms with van der Waals surface area (Å²) in [6.07, 6.45) is 0. The van der Waals surface area contributed by atoms with Crippen molar-refractivity contribution in [2.45, 2.75) is 6.92 Å². The molecule has 0 fully saturated rings. The number of hydrogen-bond acceptors (Lipinski definition) is 3. The summed E-state index contributed by atoms with van der Waals surface area (Å²) in [5.41, 5.74) is 0.659. The molecule has 6 heteroatoms. The van der Waals surface area contributed by atoms with Gasteiger partial charge >= 0.3 is 5.97 Å². The van der Waals surface area contributed by atoms with Crippen LogP contribution >= 0.6 is 0 Å². The van der Waals surface area contributed by atoms with Crippen molar-refractivity contribution in [1.29, 1.82) is 0 Å². The molecule has 0 radical (unpaired) electrons. The zero-order chi connectivity index (χ0) is 14.9. The Kier molecular flexibility index (Phi) is 3.47. The van der Waals surface area contributed by atoms with Gasteiger partial charge in [-0.1, -0.05) is 12.1 Å². The number of halogens is 1. The van der Waals surface area contributed by atoms with E-state index in [-0.39, 0.29) is 22.4 Å². The van der Waals surface area contributed by atoms with Crippen LogP contribution in [0.2, 0.25) is 0 Å². The van der Waals surface area contributed by atoms with Gasteiger partial charge in [0, 0.05) is 17.2 Å². The Morgan fingerprint density at radius 3 is 2.30 bits per heavy atom. The molecule has 20 heavy (non-hydrogen) atoms. The number of benzene rings is 2. The third-order valence-electron chi connectivity index (χ3n) is 3.00. The van der Waals surface area contributed by atoms with E-state index in [2.05, 4.69) is 0 Å². The topological polar surface area (TPSA) is 80.4 Å². The van der Waals surface area contributed by atoms with Crippen molar-refractivity contribution in [3.8, 4) is 11.1 Å². The average Bonchev–Trinajstić information content (AvgIpc) is 2.39. The van der Waals surface area contributed by atoms with E-state index in [1.165, 1.54) is 37.3 Å². The van der Waals surface area contributed by atoms with Crippen LogP contribution in [0.5, 0.6) is 0 Å². The molecule has 0 aromatic heterocycles. The van der Waals surface area contributed by atoms with Crippen molar-refractivity contribution in [3.63, 3.8) is 0 Å². The normalized spacial score (nSPS) is 10.3. The molecule has 0 atom stereocenters. The Hall–Kier alpha value is -2.76. The van der Waals surface area contributed by atoms with Crippen LogP contribution in [0.25, 0.3) is 11.1 Å². The number of nitrogens with zero attached hydrogens (tertiary/aromatic N) is 1. The Labute approximate surface area is 113 Å². The lowest BCUT2D eigenvalue weighted by Gasteiger charge is -2.10. The number of nitro groups is 1. The Morgan fingerprint density at radius 1 is 1.20 bits per heavy atom. The van der Waals surface area contributed by atoms with Crippen LogP contribution < -0.4 is 0 Å². The van der Waals surface area contributed by atoms with Crippen molar-refractivity contribution in [2.75, 3.05) is 0 Å². The fourth-order valence-electron chi connectivity index (χ4n) is 2.07. The predicted octanol–water partition coefficient (Wildman–Crippen LogP) is 3.41. The van der Waals surface area contributed by atoms with Gasteiger partial charge in [-0.15, -0.1) is 0 Å². The summed E-state index contributed by atoms with van der Waals surface area (Å²) in [6, 6.07) is 7.50. The lowest BCUT2D eigenvalue weighted by atomic mass is 9.94. The summed E-state index contributed by atoms with van der Waals surface area (Å²) in [6.45, 7) is 1.48. The van der Waals surface area contributed by atoms with Gasteiger partial charge in [-0.2, -0.15) is 0 Å². The molecule has 0 bridgehead atoms. The number of aromatic carboxylic acids is 1. The van der Waals surface area contributed by atoms with Crippen LogP contribution in [-0.4, -0.2) is 16.0 Å². The summed E-state index contributed by atoms with van der Waals surface area (Å²) >= 11 is 0. The van der Waals surface area contributed by atoms with Gasteiger partial charge in [0.1, 0.15) is 5.82 Å². The molecule has 0 aliphatic carbocycles. The number of rotatable bonds is 3. The number of nitro benzene ring substituents is 1. The molecule has 0 amide bonds. The summed E-state index contributed by atoms with van der Waals surface area (Å²) in [7, 11) is 0. The van der Waals surface area contributed by atoms with E-state index >= 15 is 0 Å². The Balaban J connectivity index is 2.76. The van der Waals surface area contributed by atoms with Gasteiger partial charge < -0.3 is 5.11 Å². The minimum atomic E-state index is -1.19. The Bertz CT molecular complexity index is 695. The van der Waals surface area contributed by atoms with Crippen molar-refractivity contribution in [1.82, 2.24) is 0 Å². The first-order valence-corrected chi connectivity index (χ1v) is 5.69. The Morgan fingerprint density at radius 2 is 1.80 bits per heavy atom. The lowest BCUT2D eigenvalue weighted by molar-refractivity contribution is -0.385. The van der Waals surface area contributed by atoms with E-state index in [0.29, 0.717) is 5.56 Å². The van der Waals surface area contributed by atoms with Crippen LogP contribution in [0.15, 0.2) is 36.4 Å². The maximum atomic E-state index is 12.9. The SMILES string of the molecule is Cc1c([N+](=O)[O-])ccc(C(=O)O)c1-c1ccc(F)cc1. The summed E-state index contributed by atoms with van der Waals surface area (Å²) < 4.78 is 12.9. The molecule has 1 N–H and O–H groups in total. The first kappa shape index (κ1) is 13.7. The highest BCUT2D eigenvalue weighted by Crippen LogP contribution is 2.33. The standard InChI is InChI=1S/C14H10FNO4/c1-8-12(16(19)20)7-6-11(14(17)18)13(8)9-2-4-10(15)5-3-9/h2-7H,1H3,(H,17,18). The van der Waals surface area contributed by atoms with Gasteiger partial charge in [-0.05, 0) is 30.7 Å². The van der Waals surface area contributed by atoms with Gasteiger partial charge in [0.05, 0.1) is 10.5 Å². The monoisotopic (exact) mass is 275 g/mol. The molecule has 0 aliphatic heterocycles. The fourth-order valence-corrected chi connectivity index (χ4v) is 2.07. The molecule has 0 aliphatic rings. The van der Waals surface area contributed by atoms with Crippen molar-refractivity contribution in [3.05, 3.63) is 63.5 Å². The van der Waals surface area contributed by atoms with Gasteiger partial charge in [0.15, 0.2) is 0 Å². The van der Waals surface area contributed by atoms with Crippen molar-refractivity contribution in [2.24, 2.45) is 0 Å². The molecular formula is C14H10FNO4. The minimum absolute atomic E-state index is 0.0558. The molecule has 2 aromatic carbocycles. The van der Waals surface area contributed by atoms with E-state index in [4.69, 9.17) is 0 Å². The summed E-state index contributed by atoms with van der Waals surface area (Å²) in [4.78, 5) is 21.6. The largest absolute Gasteiger partial charge is 0.478 e. The van der Waals surface area contributed by atoms with E-state index in [9.17, 15) is 24.4 Å². The highest BCUT2D eigenvalue weighted by atomic mass is 19.1. The number of carbonyl (C=O) groups is 1. The van der Waals surface area contributed by atoms with Gasteiger partial charge in [-0.3, -0.25) is 10.1 Å². The number of hydrogen-bond donors (Lipinski definition) is 1. The molecule has 0 saturated heterocycles. The van der Waals surface area contributed by atoms with Crippen LogP contribution in [-0.2, 0) is 0 Å². The van der Waals surface area contributed by atoms with Gasteiger partial charge in [0.2, 0.25) is 0 Å². The molecule has 2 rings (SSSR count). The maximum absolute atomic E-state index is 12.9. The predicted molar refractivity (Wildman–Crippen MR) is 70.2 cm³/mol. The summed E-state index contributed by atoms with van der Waals surface area (Å²) in [5, 5.41) is 20.1. The zero-order valence-electron chi connectivity index (χ0n) is 10.5. The molecule has 102 valence electrons. The second kappa shape index (κ2) is 5.08. The van der Waals surface area contributed by atoms with Crippen molar-refractivity contribution >= 4 is 11.7 Å². The smallest absolute Gasteiger partial charge is 0.336 e. The average molecular weight is 275 g/mol. The van der Waals surface area contributed by atoms with Crippen LogP contribution in [0, 0.1) is 22.9 Å². The second-order valence-electron chi connectivity index (χ2n) is 4.20. The molecular weight excluding hydrogens is 265 g/mol. The molecule has 0 unspecified atom stereocenters. The van der Waals surface area contributed by atoms with Crippen molar-refractivity contribution < 1.29 is 19.2 Å². The molecule has 2 aromatic rings. The molecule has 5 nitrogen and oxygen atoms in total. The van der Waals surface area contributed by atoms with Crippen LogP contribution in [0.3, 0.4) is 0 Å². The molecule has 0 heterocycles.